The molecule has 2 aromatic carbocycles. The molecule has 3 rings (SSSR count). The lowest BCUT2D eigenvalue weighted by molar-refractivity contribution is -0.141. The second-order valence-corrected chi connectivity index (χ2v) is 10.2. The molecule has 0 spiro atoms. The van der Waals surface area contributed by atoms with Crippen LogP contribution in [0.4, 0.5) is 23.2 Å². The fourth-order valence-electron chi connectivity index (χ4n) is 3.38. The summed E-state index contributed by atoms with van der Waals surface area (Å²) in [5.74, 6) is -2.69. The van der Waals surface area contributed by atoms with Crippen LogP contribution in [0.25, 0.3) is 0 Å². The molecular formula is C22H17Cl2F4N3O3S. The molecule has 1 unspecified atom stereocenters. The summed E-state index contributed by atoms with van der Waals surface area (Å²) in [7, 11) is -3.88. The maximum Gasteiger partial charge on any atom is 0.433 e. The molecule has 35 heavy (non-hydrogen) atoms. The van der Waals surface area contributed by atoms with Crippen molar-refractivity contribution in [2.24, 2.45) is 5.73 Å². The predicted octanol–water partition coefficient (Wildman–Crippen LogP) is 5.13. The zero-order chi connectivity index (χ0) is 26.1. The summed E-state index contributed by atoms with van der Waals surface area (Å²) in [5, 5.41) is -0.0955. The topological polar surface area (TPSA) is 93.4 Å². The molecule has 2 N–H and O–H groups in total. The van der Waals surface area contributed by atoms with E-state index in [4.69, 9.17) is 28.9 Å². The van der Waals surface area contributed by atoms with Gasteiger partial charge in [0.1, 0.15) is 11.5 Å². The van der Waals surface area contributed by atoms with Gasteiger partial charge in [0.15, 0.2) is 0 Å². The molecule has 0 saturated carbocycles. The van der Waals surface area contributed by atoms with Crippen LogP contribution in [0.2, 0.25) is 10.0 Å². The van der Waals surface area contributed by atoms with Gasteiger partial charge in [-0.25, -0.2) is 12.8 Å². The van der Waals surface area contributed by atoms with Crippen molar-refractivity contribution in [2.75, 3.05) is 10.6 Å². The molecular weight excluding hydrogens is 533 g/mol. The molecule has 13 heteroatoms. The number of nitrogens with two attached hydrogens (primary N) is 1. The first-order chi connectivity index (χ1) is 16.2. The zero-order valence-corrected chi connectivity index (χ0v) is 20.2. The van der Waals surface area contributed by atoms with Gasteiger partial charge in [-0.3, -0.25) is 14.1 Å². The van der Waals surface area contributed by atoms with E-state index in [0.717, 1.165) is 41.0 Å². The minimum Gasteiger partial charge on any atom is -0.369 e. The summed E-state index contributed by atoms with van der Waals surface area (Å²) in [6.45, 7) is -0.337. The number of sulfonamides is 1. The van der Waals surface area contributed by atoms with Crippen LogP contribution in [-0.2, 0) is 27.5 Å². The third kappa shape index (κ3) is 6.22. The Morgan fingerprint density at radius 2 is 1.69 bits per heavy atom. The standard InChI is InChI=1S/C22H17Cl2F4N3O3S/c1-35(33,34)31(11-14-8-15(25)9-17(23)20(14)24)16-5-2-12(3-6-16)19(21(29)32)13-4-7-18(30-10-13)22(26,27)28/h2-10,19H,11H2,1H3,(H2,29,32). The number of primary amides is 1. The molecule has 1 atom stereocenters. The summed E-state index contributed by atoms with van der Waals surface area (Å²) in [6, 6.07) is 9.43. The lowest BCUT2D eigenvalue weighted by atomic mass is 9.91. The number of anilines is 1. The number of benzene rings is 2. The summed E-state index contributed by atoms with van der Waals surface area (Å²) in [4.78, 5) is 15.5. The van der Waals surface area contributed by atoms with Gasteiger partial charge >= 0.3 is 6.18 Å². The lowest BCUT2D eigenvalue weighted by Gasteiger charge is -2.24. The average molecular weight is 550 g/mol. The Balaban J connectivity index is 1.97. The summed E-state index contributed by atoms with van der Waals surface area (Å²) >= 11 is 12.0. The van der Waals surface area contributed by atoms with Crippen molar-refractivity contribution < 1.29 is 30.8 Å². The quantitative estimate of drug-likeness (QED) is 0.326. The molecule has 3 aromatic rings. The van der Waals surface area contributed by atoms with Crippen LogP contribution in [0.5, 0.6) is 0 Å². The van der Waals surface area contributed by atoms with E-state index in [-0.39, 0.29) is 33.4 Å². The maximum absolute atomic E-state index is 13.8. The van der Waals surface area contributed by atoms with Gasteiger partial charge in [0.05, 0.1) is 34.5 Å². The smallest absolute Gasteiger partial charge is 0.369 e. The summed E-state index contributed by atoms with van der Waals surface area (Å²) < 4.78 is 78.1. The van der Waals surface area contributed by atoms with Crippen LogP contribution in [-0.4, -0.2) is 25.6 Å². The van der Waals surface area contributed by atoms with Crippen molar-refractivity contribution in [1.82, 2.24) is 4.98 Å². The lowest BCUT2D eigenvalue weighted by Crippen LogP contribution is -2.29. The van der Waals surface area contributed by atoms with E-state index in [2.05, 4.69) is 4.98 Å². The Hall–Kier alpha value is -2.89. The predicted molar refractivity (Wildman–Crippen MR) is 124 cm³/mol. The molecule has 0 fully saturated rings. The van der Waals surface area contributed by atoms with Crippen molar-refractivity contribution in [1.29, 1.82) is 0 Å². The van der Waals surface area contributed by atoms with Gasteiger partial charge in [-0.1, -0.05) is 41.4 Å². The number of nitrogens with zero attached hydrogens (tertiary/aromatic N) is 2. The molecule has 1 aromatic heterocycles. The van der Waals surface area contributed by atoms with E-state index in [1.807, 2.05) is 0 Å². The zero-order valence-electron chi connectivity index (χ0n) is 17.9. The van der Waals surface area contributed by atoms with Gasteiger partial charge in [0.2, 0.25) is 15.9 Å². The number of amides is 1. The first-order valence-corrected chi connectivity index (χ1v) is 12.3. The van der Waals surface area contributed by atoms with E-state index in [1.165, 1.54) is 24.3 Å². The van der Waals surface area contributed by atoms with Gasteiger partial charge in [-0.05, 0) is 47.0 Å². The third-order valence-electron chi connectivity index (χ3n) is 4.99. The molecule has 186 valence electrons. The molecule has 0 aliphatic carbocycles. The molecule has 0 radical (unpaired) electrons. The molecule has 1 amide bonds. The molecule has 0 aliphatic rings. The van der Waals surface area contributed by atoms with Gasteiger partial charge in [0, 0.05) is 6.20 Å². The van der Waals surface area contributed by atoms with Crippen LogP contribution in [0.3, 0.4) is 0 Å². The number of carbonyl (C=O) groups is 1. The first-order valence-electron chi connectivity index (χ1n) is 9.72. The van der Waals surface area contributed by atoms with Crippen LogP contribution < -0.4 is 10.0 Å². The van der Waals surface area contributed by atoms with Crippen molar-refractivity contribution in [2.45, 2.75) is 18.6 Å². The van der Waals surface area contributed by atoms with Crippen LogP contribution in [0, 0.1) is 5.82 Å². The van der Waals surface area contributed by atoms with Crippen molar-refractivity contribution in [3.8, 4) is 0 Å². The number of pyridine rings is 1. The van der Waals surface area contributed by atoms with E-state index < -0.39 is 39.5 Å². The van der Waals surface area contributed by atoms with Crippen molar-refractivity contribution in [3.63, 3.8) is 0 Å². The number of hydrogen-bond acceptors (Lipinski definition) is 4. The molecule has 0 bridgehead atoms. The number of rotatable bonds is 7. The minimum atomic E-state index is -4.65. The largest absolute Gasteiger partial charge is 0.433 e. The van der Waals surface area contributed by atoms with Gasteiger partial charge in [-0.2, -0.15) is 13.2 Å². The fourth-order valence-corrected chi connectivity index (χ4v) is 4.65. The maximum atomic E-state index is 13.8. The molecule has 0 saturated heterocycles. The first kappa shape index (κ1) is 26.7. The average Bonchev–Trinajstić information content (AvgIpc) is 2.74. The highest BCUT2D eigenvalue weighted by atomic mass is 35.5. The van der Waals surface area contributed by atoms with Gasteiger partial charge in [0.25, 0.3) is 0 Å². The molecule has 0 aliphatic heterocycles. The molecule has 6 nitrogen and oxygen atoms in total. The van der Waals surface area contributed by atoms with E-state index >= 15 is 0 Å². The molecule has 1 heterocycles. The number of aromatic nitrogens is 1. The van der Waals surface area contributed by atoms with E-state index in [0.29, 0.717) is 5.56 Å². The van der Waals surface area contributed by atoms with E-state index in [9.17, 15) is 30.8 Å². The van der Waals surface area contributed by atoms with Gasteiger partial charge in [-0.15, -0.1) is 0 Å². The van der Waals surface area contributed by atoms with E-state index in [1.54, 1.807) is 0 Å². The number of halogens is 6. The summed E-state index contributed by atoms with van der Waals surface area (Å²) in [5.41, 5.74) is 5.05. The second-order valence-electron chi connectivity index (χ2n) is 7.53. The second kappa shape index (κ2) is 10.00. The Bertz CT molecular complexity index is 1350. The normalized spacial score (nSPS) is 12.9. The SMILES string of the molecule is CS(=O)(=O)N(Cc1cc(F)cc(Cl)c1Cl)c1ccc(C(C(N)=O)c2ccc(C(F)(F)F)nc2)cc1. The highest BCUT2D eigenvalue weighted by molar-refractivity contribution is 7.92. The summed E-state index contributed by atoms with van der Waals surface area (Å²) in [6.07, 6.45) is -2.80. The van der Waals surface area contributed by atoms with Crippen LogP contribution >= 0.6 is 23.2 Å². The fraction of sp³-hybridized carbons (Fsp3) is 0.182. The minimum absolute atomic E-state index is 0.0121. The Morgan fingerprint density at radius 1 is 1.09 bits per heavy atom. The van der Waals surface area contributed by atoms with Crippen molar-refractivity contribution in [3.05, 3.63) is 93.0 Å². The van der Waals surface area contributed by atoms with Crippen molar-refractivity contribution >= 4 is 44.8 Å². The number of alkyl halides is 3. The van der Waals surface area contributed by atoms with Gasteiger partial charge < -0.3 is 5.73 Å². The Kier molecular flexibility index (Phi) is 7.63. The Labute approximate surface area is 208 Å². The van der Waals surface area contributed by atoms with Crippen LogP contribution in [0.15, 0.2) is 54.7 Å². The number of hydrogen-bond donors (Lipinski definition) is 1. The monoisotopic (exact) mass is 549 g/mol. The third-order valence-corrected chi connectivity index (χ3v) is 6.97. The highest BCUT2D eigenvalue weighted by Gasteiger charge is 2.33. The van der Waals surface area contributed by atoms with Crippen LogP contribution in [0.1, 0.15) is 28.3 Å². The Morgan fingerprint density at radius 3 is 2.17 bits per heavy atom. The number of carbonyl (C=O) groups excluding carboxylic acids is 1. The highest BCUT2D eigenvalue weighted by Crippen LogP contribution is 2.33.